The average Bonchev–Trinajstić information content (AvgIpc) is 2.18. The van der Waals surface area contributed by atoms with Crippen molar-refractivity contribution < 1.29 is 0 Å². The standard InChI is InChI=1S/2C8H18.21CH4/c2*1-4-5-6-7-8(2)3;;;;;;;;;;;;;;;;;;;;;/h2*8H,4-7H2,1-3H3;21*1H4. The fourth-order valence-electron chi connectivity index (χ4n) is 1.61. The van der Waals surface area contributed by atoms with Gasteiger partial charge in [0.1, 0.15) is 0 Å². The monoisotopic (exact) mass is 565 g/mol. The molecular formula is C37H120. The van der Waals surface area contributed by atoms with Gasteiger partial charge < -0.3 is 0 Å². The molecule has 0 heteroatoms. The summed E-state index contributed by atoms with van der Waals surface area (Å²) in [6.07, 6.45) is 11.2. The SMILES string of the molecule is C.C.C.C.C.C.C.C.C.C.C.C.C.C.C.C.C.C.C.C.C.CCCCCC(C)C.CCCCCC(C)C. The van der Waals surface area contributed by atoms with Gasteiger partial charge in [-0.1, -0.05) is 249 Å². The van der Waals surface area contributed by atoms with Crippen molar-refractivity contribution in [1.29, 1.82) is 0 Å². The summed E-state index contributed by atoms with van der Waals surface area (Å²) < 4.78 is 0. The minimum absolute atomic E-state index is 0. The van der Waals surface area contributed by atoms with E-state index in [2.05, 4.69) is 41.5 Å². The van der Waals surface area contributed by atoms with Crippen LogP contribution in [0.1, 0.15) is 249 Å². The highest BCUT2D eigenvalue weighted by molar-refractivity contribution is 4.45. The van der Waals surface area contributed by atoms with Crippen LogP contribution in [0.3, 0.4) is 0 Å². The molecule has 0 spiro atoms. The Balaban J connectivity index is -0.00000000322. The Hall–Kier alpha value is 0. The highest BCUT2D eigenvalue weighted by Crippen LogP contribution is 2.07. The molecule has 0 radical (unpaired) electrons. The maximum absolute atomic E-state index is 2.29. The molecule has 37 heavy (non-hydrogen) atoms. The van der Waals surface area contributed by atoms with E-state index in [1.165, 1.54) is 51.4 Å². The van der Waals surface area contributed by atoms with Gasteiger partial charge >= 0.3 is 0 Å². The molecule has 0 aliphatic heterocycles. The van der Waals surface area contributed by atoms with Gasteiger partial charge in [0, 0.05) is 0 Å². The topological polar surface area (TPSA) is 0 Å². The van der Waals surface area contributed by atoms with Gasteiger partial charge in [-0.15, -0.1) is 0 Å². The summed E-state index contributed by atoms with van der Waals surface area (Å²) in [4.78, 5) is 0. The van der Waals surface area contributed by atoms with Crippen molar-refractivity contribution in [1.82, 2.24) is 0 Å². The Bertz CT molecular complexity index is 88.6. The Morgan fingerprint density at radius 3 is 0.486 bits per heavy atom. The molecule has 0 amide bonds. The van der Waals surface area contributed by atoms with Crippen molar-refractivity contribution in [3.8, 4) is 0 Å². The Morgan fingerprint density at radius 1 is 0.270 bits per heavy atom. The van der Waals surface area contributed by atoms with Crippen LogP contribution < -0.4 is 0 Å². The van der Waals surface area contributed by atoms with Crippen LogP contribution in [-0.4, -0.2) is 0 Å². The molecule has 0 atom stereocenters. The van der Waals surface area contributed by atoms with E-state index in [1.54, 1.807) is 0 Å². The van der Waals surface area contributed by atoms with Crippen LogP contribution in [0.5, 0.6) is 0 Å². The second-order valence-electron chi connectivity index (χ2n) is 5.78. The number of rotatable bonds is 8. The van der Waals surface area contributed by atoms with E-state index in [9.17, 15) is 0 Å². The molecule has 0 aliphatic rings. The normalized spacial score (nSPS) is 4.54. The predicted octanol–water partition coefficient (Wildman–Crippen LogP) is 19.8. The summed E-state index contributed by atoms with van der Waals surface area (Å²) in [5, 5.41) is 0. The second kappa shape index (κ2) is 225. The van der Waals surface area contributed by atoms with Crippen molar-refractivity contribution in [3.05, 3.63) is 0 Å². The molecule has 0 saturated carbocycles. The summed E-state index contributed by atoms with van der Waals surface area (Å²) in [5.41, 5.74) is 0. The van der Waals surface area contributed by atoms with E-state index >= 15 is 0 Å². The van der Waals surface area contributed by atoms with Crippen LogP contribution in [0, 0.1) is 11.8 Å². The van der Waals surface area contributed by atoms with Crippen molar-refractivity contribution in [3.63, 3.8) is 0 Å². The van der Waals surface area contributed by atoms with E-state index in [0.29, 0.717) is 0 Å². The van der Waals surface area contributed by atoms with Gasteiger partial charge in [0.25, 0.3) is 0 Å². The van der Waals surface area contributed by atoms with E-state index in [0.717, 1.165) is 11.8 Å². The van der Waals surface area contributed by atoms with Gasteiger partial charge in [-0.05, 0) is 11.8 Å². The first-order valence-electron chi connectivity index (χ1n) is 7.54. The fraction of sp³-hybridized carbons (Fsp3) is 1.00. The fourth-order valence-corrected chi connectivity index (χ4v) is 1.61. The molecule has 0 rings (SSSR count). The van der Waals surface area contributed by atoms with Gasteiger partial charge in [0.15, 0.2) is 0 Å². The Kier molecular flexibility index (Phi) is 1490. The van der Waals surface area contributed by atoms with Crippen LogP contribution in [0.2, 0.25) is 0 Å². The maximum atomic E-state index is 2.29. The van der Waals surface area contributed by atoms with Gasteiger partial charge in [-0.3, -0.25) is 0 Å². The van der Waals surface area contributed by atoms with E-state index in [1.807, 2.05) is 0 Å². The summed E-state index contributed by atoms with van der Waals surface area (Å²) in [7, 11) is 0. The Morgan fingerprint density at radius 2 is 0.405 bits per heavy atom. The maximum Gasteiger partial charge on any atom is -0.0471 e. The molecule has 0 aromatic carbocycles. The highest BCUT2D eigenvalue weighted by Gasteiger charge is 1.91. The first kappa shape index (κ1) is 245. The molecule has 0 heterocycles. The van der Waals surface area contributed by atoms with E-state index in [-0.39, 0.29) is 156 Å². The first-order chi connectivity index (χ1) is 7.54. The third-order valence-corrected chi connectivity index (χ3v) is 2.77. The number of unbranched alkanes of at least 4 members (excludes halogenated alkanes) is 4. The van der Waals surface area contributed by atoms with Gasteiger partial charge in [0.05, 0.1) is 0 Å². The highest BCUT2D eigenvalue weighted by atomic mass is 14.0. The van der Waals surface area contributed by atoms with Crippen LogP contribution in [0.4, 0.5) is 0 Å². The zero-order chi connectivity index (χ0) is 12.8. The average molecular weight is 565 g/mol. The van der Waals surface area contributed by atoms with Gasteiger partial charge in [0.2, 0.25) is 0 Å². The zero-order valence-corrected chi connectivity index (χ0v) is 12.8. The number of hydrogen-bond donors (Lipinski definition) is 0. The lowest BCUT2D eigenvalue weighted by molar-refractivity contribution is 0.534. The summed E-state index contributed by atoms with van der Waals surface area (Å²) in [5.74, 6) is 1.81. The zero-order valence-electron chi connectivity index (χ0n) is 12.8. The smallest absolute Gasteiger partial charge is 0.0471 e. The molecule has 0 N–H and O–H groups in total. The minimum Gasteiger partial charge on any atom is -0.0776 e. The lowest BCUT2D eigenvalue weighted by atomic mass is 10.1. The predicted molar refractivity (Wildman–Crippen MR) is 219 cm³/mol. The molecule has 0 fully saturated rings. The van der Waals surface area contributed by atoms with Crippen molar-refractivity contribution in [2.75, 3.05) is 0 Å². The van der Waals surface area contributed by atoms with Crippen LogP contribution in [0.25, 0.3) is 0 Å². The Labute approximate surface area is 260 Å². The van der Waals surface area contributed by atoms with Crippen LogP contribution in [-0.2, 0) is 0 Å². The third-order valence-electron chi connectivity index (χ3n) is 2.77. The quantitative estimate of drug-likeness (QED) is 0.257. The first-order valence-corrected chi connectivity index (χ1v) is 7.54. The third kappa shape index (κ3) is 416. The lowest BCUT2D eigenvalue weighted by Crippen LogP contribution is -1.85. The van der Waals surface area contributed by atoms with E-state index in [4.69, 9.17) is 0 Å². The largest absolute Gasteiger partial charge is 0.0776 e. The summed E-state index contributed by atoms with van der Waals surface area (Å²) in [6, 6.07) is 0. The molecule has 268 valence electrons. The lowest BCUT2D eigenvalue weighted by Gasteiger charge is -2.00. The van der Waals surface area contributed by atoms with E-state index < -0.39 is 0 Å². The summed E-state index contributed by atoms with van der Waals surface area (Å²) in [6.45, 7) is 13.7. The van der Waals surface area contributed by atoms with Crippen molar-refractivity contribution in [2.24, 2.45) is 11.8 Å². The molecule has 0 aromatic rings. The molecule has 0 unspecified atom stereocenters. The molecular weight excluding hydrogens is 444 g/mol. The molecule has 0 nitrogen and oxygen atoms in total. The summed E-state index contributed by atoms with van der Waals surface area (Å²) >= 11 is 0. The number of hydrogen-bond acceptors (Lipinski definition) is 0. The second-order valence-corrected chi connectivity index (χ2v) is 5.78. The molecule has 0 aromatic heterocycles. The van der Waals surface area contributed by atoms with Crippen molar-refractivity contribution >= 4 is 0 Å². The molecule has 0 aliphatic carbocycles. The molecule has 0 bridgehead atoms. The van der Waals surface area contributed by atoms with Gasteiger partial charge in [-0.25, -0.2) is 0 Å². The van der Waals surface area contributed by atoms with Gasteiger partial charge in [-0.2, -0.15) is 0 Å². The van der Waals surface area contributed by atoms with Crippen LogP contribution in [0.15, 0.2) is 0 Å². The molecule has 0 saturated heterocycles. The minimum atomic E-state index is 0. The van der Waals surface area contributed by atoms with Crippen molar-refractivity contribution in [2.45, 2.75) is 249 Å². The van der Waals surface area contributed by atoms with Crippen LogP contribution >= 0.6 is 0 Å².